The normalized spacial score (nSPS) is 10.4. The molecular formula is C22H14O8. The lowest BCUT2D eigenvalue weighted by Gasteiger charge is -2.16. The molecule has 0 amide bonds. The number of hydrogen-bond acceptors (Lipinski definition) is 4. The van der Waals surface area contributed by atoms with E-state index in [0.29, 0.717) is 16.7 Å². The standard InChI is InChI=1S/C22H14O8/c23-19(24)13-5-1-11(2-6-13)15-9-10-16(21(27)28)18(22(29)30)17(15)12-3-7-14(8-4-12)20(25)26/h1-10H,(H,23,24)(H,25,26)(H,27,28)(H,29,30). The minimum Gasteiger partial charge on any atom is -0.478 e. The van der Waals surface area contributed by atoms with Crippen LogP contribution in [0.4, 0.5) is 0 Å². The Balaban J connectivity index is 2.33. The second kappa shape index (κ2) is 7.88. The largest absolute Gasteiger partial charge is 0.478 e. The first kappa shape index (κ1) is 20.3. The third-order valence-corrected chi connectivity index (χ3v) is 4.51. The minimum absolute atomic E-state index is 0.0163. The summed E-state index contributed by atoms with van der Waals surface area (Å²) in [6, 6.07) is 13.6. The first-order valence-corrected chi connectivity index (χ1v) is 8.51. The highest BCUT2D eigenvalue weighted by atomic mass is 16.4. The van der Waals surface area contributed by atoms with Gasteiger partial charge in [-0.15, -0.1) is 0 Å². The van der Waals surface area contributed by atoms with E-state index < -0.39 is 35.0 Å². The van der Waals surface area contributed by atoms with Gasteiger partial charge in [-0.2, -0.15) is 0 Å². The smallest absolute Gasteiger partial charge is 0.337 e. The fourth-order valence-corrected chi connectivity index (χ4v) is 3.12. The molecule has 0 bridgehead atoms. The van der Waals surface area contributed by atoms with Crippen LogP contribution >= 0.6 is 0 Å². The van der Waals surface area contributed by atoms with Crippen LogP contribution in [0.25, 0.3) is 22.3 Å². The van der Waals surface area contributed by atoms with Crippen molar-refractivity contribution in [2.24, 2.45) is 0 Å². The molecule has 0 saturated heterocycles. The summed E-state index contributed by atoms with van der Waals surface area (Å²) in [6.07, 6.45) is 0. The molecule has 0 aliphatic carbocycles. The Morgan fingerprint density at radius 3 is 1.37 bits per heavy atom. The van der Waals surface area contributed by atoms with Crippen LogP contribution in [0.3, 0.4) is 0 Å². The summed E-state index contributed by atoms with van der Waals surface area (Å²) in [5, 5.41) is 37.4. The number of hydrogen-bond donors (Lipinski definition) is 4. The molecule has 0 spiro atoms. The van der Waals surface area contributed by atoms with Gasteiger partial charge in [-0.3, -0.25) is 0 Å². The third kappa shape index (κ3) is 3.74. The predicted octanol–water partition coefficient (Wildman–Crippen LogP) is 3.81. The Labute approximate surface area is 169 Å². The Morgan fingerprint density at radius 2 is 0.967 bits per heavy atom. The molecule has 0 aliphatic heterocycles. The van der Waals surface area contributed by atoms with Crippen LogP contribution in [0.15, 0.2) is 60.7 Å². The van der Waals surface area contributed by atoms with Gasteiger partial charge in [0.2, 0.25) is 0 Å². The van der Waals surface area contributed by atoms with Crippen molar-refractivity contribution in [3.8, 4) is 22.3 Å². The number of rotatable bonds is 6. The first-order chi connectivity index (χ1) is 14.2. The van der Waals surface area contributed by atoms with Crippen molar-refractivity contribution >= 4 is 23.9 Å². The fourth-order valence-electron chi connectivity index (χ4n) is 3.12. The average Bonchev–Trinajstić information content (AvgIpc) is 2.72. The Kier molecular flexibility index (Phi) is 5.33. The molecule has 0 radical (unpaired) electrons. The molecule has 0 atom stereocenters. The molecule has 150 valence electrons. The van der Waals surface area contributed by atoms with Crippen molar-refractivity contribution in [3.05, 3.63) is 82.9 Å². The summed E-state index contributed by atoms with van der Waals surface area (Å²) >= 11 is 0. The summed E-state index contributed by atoms with van der Waals surface area (Å²) in [5.74, 6) is -5.18. The maximum atomic E-state index is 12.0. The highest BCUT2D eigenvalue weighted by molar-refractivity contribution is 6.10. The first-order valence-electron chi connectivity index (χ1n) is 8.51. The third-order valence-electron chi connectivity index (χ3n) is 4.51. The van der Waals surface area contributed by atoms with Gasteiger partial charge in [-0.25, -0.2) is 19.2 Å². The second-order valence-corrected chi connectivity index (χ2v) is 6.29. The van der Waals surface area contributed by atoms with E-state index in [1.165, 1.54) is 60.7 Å². The van der Waals surface area contributed by atoms with E-state index in [9.17, 15) is 29.4 Å². The Hall–Kier alpha value is -4.46. The lowest BCUT2D eigenvalue weighted by molar-refractivity contribution is 0.0652. The van der Waals surface area contributed by atoms with Crippen LogP contribution < -0.4 is 0 Å². The number of benzene rings is 3. The van der Waals surface area contributed by atoms with Crippen molar-refractivity contribution < 1.29 is 39.6 Å². The lowest BCUT2D eigenvalue weighted by Crippen LogP contribution is -2.11. The van der Waals surface area contributed by atoms with Crippen LogP contribution in [0.5, 0.6) is 0 Å². The molecule has 0 unspecified atom stereocenters. The molecule has 30 heavy (non-hydrogen) atoms. The molecule has 3 aromatic carbocycles. The van der Waals surface area contributed by atoms with Crippen LogP contribution in [0, 0.1) is 0 Å². The molecule has 3 aromatic rings. The van der Waals surface area contributed by atoms with Gasteiger partial charge in [0, 0.05) is 5.56 Å². The van der Waals surface area contributed by atoms with Gasteiger partial charge in [0.1, 0.15) is 0 Å². The number of aromatic carboxylic acids is 4. The monoisotopic (exact) mass is 406 g/mol. The van der Waals surface area contributed by atoms with Gasteiger partial charge in [0.25, 0.3) is 0 Å². The Morgan fingerprint density at radius 1 is 0.500 bits per heavy atom. The molecule has 0 saturated carbocycles. The molecule has 0 aromatic heterocycles. The molecule has 0 heterocycles. The molecule has 0 aliphatic rings. The molecule has 0 fully saturated rings. The van der Waals surface area contributed by atoms with E-state index >= 15 is 0 Å². The van der Waals surface area contributed by atoms with Crippen molar-refractivity contribution in [3.63, 3.8) is 0 Å². The fraction of sp³-hybridized carbons (Fsp3) is 0. The van der Waals surface area contributed by atoms with E-state index in [0.717, 1.165) is 0 Å². The highest BCUT2D eigenvalue weighted by Crippen LogP contribution is 2.37. The predicted molar refractivity (Wildman–Crippen MR) is 105 cm³/mol. The van der Waals surface area contributed by atoms with Crippen LogP contribution in [-0.4, -0.2) is 44.3 Å². The van der Waals surface area contributed by atoms with Crippen molar-refractivity contribution in [1.82, 2.24) is 0 Å². The zero-order valence-corrected chi connectivity index (χ0v) is 15.2. The zero-order valence-electron chi connectivity index (χ0n) is 15.2. The summed E-state index contributed by atoms with van der Waals surface area (Å²) < 4.78 is 0. The van der Waals surface area contributed by atoms with Crippen molar-refractivity contribution in [2.45, 2.75) is 0 Å². The molecule has 3 rings (SSSR count). The van der Waals surface area contributed by atoms with Crippen LogP contribution in [0.2, 0.25) is 0 Å². The molecular weight excluding hydrogens is 392 g/mol. The lowest BCUT2D eigenvalue weighted by atomic mass is 9.87. The maximum Gasteiger partial charge on any atom is 0.337 e. The second-order valence-electron chi connectivity index (χ2n) is 6.29. The van der Waals surface area contributed by atoms with Crippen LogP contribution in [-0.2, 0) is 0 Å². The van der Waals surface area contributed by atoms with Crippen LogP contribution in [0.1, 0.15) is 41.4 Å². The summed E-state index contributed by atoms with van der Waals surface area (Å²) in [7, 11) is 0. The van der Waals surface area contributed by atoms with Gasteiger partial charge in [-0.1, -0.05) is 30.3 Å². The zero-order chi connectivity index (χ0) is 22.0. The summed E-state index contributed by atoms with van der Waals surface area (Å²) in [6.45, 7) is 0. The topological polar surface area (TPSA) is 149 Å². The van der Waals surface area contributed by atoms with Crippen molar-refractivity contribution in [2.75, 3.05) is 0 Å². The van der Waals surface area contributed by atoms with E-state index in [4.69, 9.17) is 10.2 Å². The van der Waals surface area contributed by atoms with Crippen molar-refractivity contribution in [1.29, 1.82) is 0 Å². The van der Waals surface area contributed by atoms with Gasteiger partial charge in [0.05, 0.1) is 22.3 Å². The van der Waals surface area contributed by atoms with E-state index in [2.05, 4.69) is 0 Å². The number of carboxylic acid groups (broad SMARTS) is 4. The van der Waals surface area contributed by atoms with E-state index in [1.54, 1.807) is 0 Å². The quantitative estimate of drug-likeness (QED) is 0.483. The number of carbonyl (C=O) groups is 4. The summed E-state index contributed by atoms with van der Waals surface area (Å²) in [5.41, 5.74) is 0.356. The SMILES string of the molecule is O=C(O)c1ccc(-c2ccc(C(=O)O)c(C(=O)O)c2-c2ccc(C(=O)O)cc2)cc1. The minimum atomic E-state index is -1.46. The van der Waals surface area contributed by atoms with Gasteiger partial charge in [0.15, 0.2) is 0 Å². The molecule has 4 N–H and O–H groups in total. The molecule has 8 heteroatoms. The highest BCUT2D eigenvalue weighted by Gasteiger charge is 2.25. The molecule has 8 nitrogen and oxygen atoms in total. The maximum absolute atomic E-state index is 12.0. The van der Waals surface area contributed by atoms with E-state index in [-0.39, 0.29) is 16.7 Å². The van der Waals surface area contributed by atoms with Gasteiger partial charge < -0.3 is 20.4 Å². The van der Waals surface area contributed by atoms with Gasteiger partial charge >= 0.3 is 23.9 Å². The van der Waals surface area contributed by atoms with E-state index in [1.807, 2.05) is 0 Å². The Bertz CT molecular complexity index is 1180. The summed E-state index contributed by atoms with van der Waals surface area (Å²) in [4.78, 5) is 45.8. The average molecular weight is 406 g/mol. The van der Waals surface area contributed by atoms with Gasteiger partial charge in [-0.05, 0) is 47.0 Å². The number of carboxylic acids is 4.